The van der Waals surface area contributed by atoms with Crippen molar-refractivity contribution >= 4 is 17.1 Å². The van der Waals surface area contributed by atoms with E-state index >= 15 is 0 Å². The number of aliphatic hydroxyl groups excluding tert-OH is 1. The molecule has 2 fully saturated rings. The molecule has 4 atom stereocenters. The highest BCUT2D eigenvalue weighted by atomic mass is 28.5. The van der Waals surface area contributed by atoms with Crippen LogP contribution in [0.4, 0.5) is 0 Å². The Hall–Kier alpha value is -1.09. The Labute approximate surface area is 191 Å². The predicted octanol–water partition coefficient (Wildman–Crippen LogP) is 2.82. The molecule has 182 valence electrons. The molecule has 2 saturated heterocycles. The van der Waals surface area contributed by atoms with E-state index in [4.69, 9.17) is 17.7 Å². The molecule has 0 aromatic carbocycles. The molecule has 0 aliphatic carbocycles. The number of aromatic amines is 2. The van der Waals surface area contributed by atoms with Crippen LogP contribution in [0.5, 0.6) is 0 Å². The summed E-state index contributed by atoms with van der Waals surface area (Å²) in [5.74, 6) is 0. The lowest BCUT2D eigenvalue weighted by molar-refractivity contribution is -0.0393. The monoisotopic (exact) mass is 486 g/mol. The zero-order chi connectivity index (χ0) is 24.0. The summed E-state index contributed by atoms with van der Waals surface area (Å²) >= 11 is 0. The normalized spacial score (nSPS) is 30.0. The Bertz CT molecular complexity index is 898. The molecule has 2 aliphatic heterocycles. The van der Waals surface area contributed by atoms with Gasteiger partial charge in [-0.05, 0) is 22.2 Å². The Kier molecular flexibility index (Phi) is 7.40. The van der Waals surface area contributed by atoms with Crippen molar-refractivity contribution in [2.75, 3.05) is 6.61 Å². The molecule has 0 saturated carbocycles. The Balaban J connectivity index is 2.08. The molecule has 32 heavy (non-hydrogen) atoms. The van der Waals surface area contributed by atoms with E-state index in [1.807, 2.05) is 0 Å². The van der Waals surface area contributed by atoms with Gasteiger partial charge >= 0.3 is 22.8 Å². The number of H-pyrrole nitrogens is 2. The van der Waals surface area contributed by atoms with Gasteiger partial charge in [-0.2, -0.15) is 0 Å². The summed E-state index contributed by atoms with van der Waals surface area (Å²) in [5, 5.41) is 11.2. The maximum absolute atomic E-state index is 12.4. The molecule has 11 heteroatoms. The van der Waals surface area contributed by atoms with Gasteiger partial charge in [0.25, 0.3) is 5.56 Å². The van der Waals surface area contributed by atoms with Crippen LogP contribution in [-0.4, -0.2) is 57.1 Å². The molecular weight excluding hydrogens is 448 g/mol. The van der Waals surface area contributed by atoms with Crippen LogP contribution < -0.4 is 11.2 Å². The first-order valence-corrected chi connectivity index (χ1v) is 15.5. The van der Waals surface area contributed by atoms with E-state index in [-0.39, 0.29) is 34.3 Å². The maximum Gasteiger partial charge on any atom is 0.335 e. The van der Waals surface area contributed by atoms with Crippen molar-refractivity contribution in [1.82, 2.24) is 9.97 Å². The molecule has 3 heterocycles. The quantitative estimate of drug-likeness (QED) is 0.547. The van der Waals surface area contributed by atoms with Gasteiger partial charge in [-0.3, -0.25) is 9.78 Å². The summed E-state index contributed by atoms with van der Waals surface area (Å²) in [4.78, 5) is 28.5. The molecular formula is C21H38N2O7Si2. The minimum Gasteiger partial charge on any atom is -0.414 e. The van der Waals surface area contributed by atoms with Crippen molar-refractivity contribution in [2.24, 2.45) is 0 Å². The van der Waals surface area contributed by atoms with Crippen LogP contribution in [0.3, 0.4) is 0 Å². The fourth-order valence-corrected chi connectivity index (χ4v) is 16.3. The summed E-state index contributed by atoms with van der Waals surface area (Å²) in [6.07, 6.45) is -2.00. The van der Waals surface area contributed by atoms with Crippen LogP contribution in [0, 0.1) is 0 Å². The van der Waals surface area contributed by atoms with E-state index in [1.54, 1.807) is 0 Å². The van der Waals surface area contributed by atoms with Gasteiger partial charge in [0.15, 0.2) is 0 Å². The van der Waals surface area contributed by atoms with Crippen LogP contribution in [0.1, 0.15) is 67.1 Å². The molecule has 3 N–H and O–H groups in total. The number of rotatable bonds is 5. The predicted molar refractivity (Wildman–Crippen MR) is 125 cm³/mol. The number of fused-ring (bicyclic) bond motifs is 1. The Morgan fingerprint density at radius 3 is 2.03 bits per heavy atom. The average molecular weight is 487 g/mol. The van der Waals surface area contributed by atoms with E-state index in [0.29, 0.717) is 0 Å². The molecule has 0 amide bonds. The zero-order valence-electron chi connectivity index (χ0n) is 20.3. The lowest BCUT2D eigenvalue weighted by Gasteiger charge is -2.51. The fraction of sp³-hybridized carbons (Fsp3) is 0.810. The standard InChI is InChI=1S/C21H38N2O7Si2/c1-11(2)31(12(3)4)27-10-16-19(29-32(30-31,13(5)6)14(7)8)17(24)18(28-16)15-9-22-21(26)23-20(15)25/h9,11-14,16-19,24H,10H2,1-8H3,(H2,22,23,25,26)/t16-,17-,18+,19?/m1/s1. The number of aromatic nitrogens is 2. The van der Waals surface area contributed by atoms with Gasteiger partial charge in [0, 0.05) is 6.20 Å². The van der Waals surface area contributed by atoms with E-state index < -0.39 is 52.8 Å². The smallest absolute Gasteiger partial charge is 0.335 e. The molecule has 1 aromatic rings. The maximum atomic E-state index is 12.4. The van der Waals surface area contributed by atoms with Crippen LogP contribution in [0.25, 0.3) is 0 Å². The minimum absolute atomic E-state index is 0.108. The lowest BCUT2D eigenvalue weighted by atomic mass is 10.0. The van der Waals surface area contributed by atoms with Crippen LogP contribution in [-0.2, 0) is 17.7 Å². The number of hydrogen-bond acceptors (Lipinski definition) is 7. The molecule has 0 bridgehead atoms. The summed E-state index contributed by atoms with van der Waals surface area (Å²) in [5.41, 5.74) is -0.443. The Morgan fingerprint density at radius 2 is 1.53 bits per heavy atom. The Morgan fingerprint density at radius 1 is 0.969 bits per heavy atom. The highest BCUT2D eigenvalue weighted by molar-refractivity contribution is 6.83. The van der Waals surface area contributed by atoms with Gasteiger partial charge in [0.2, 0.25) is 0 Å². The summed E-state index contributed by atoms with van der Waals surface area (Å²) in [7, 11) is -5.63. The first kappa shape index (κ1) is 25.5. The average Bonchev–Trinajstić information content (AvgIpc) is 2.96. The topological polar surface area (TPSA) is 123 Å². The first-order chi connectivity index (χ1) is 14.9. The third kappa shape index (κ3) is 4.24. The summed E-state index contributed by atoms with van der Waals surface area (Å²) in [6.45, 7) is 17.2. The minimum atomic E-state index is -2.91. The second-order valence-electron chi connectivity index (χ2n) is 10.2. The number of hydrogen-bond donors (Lipinski definition) is 3. The fourth-order valence-electron chi connectivity index (χ4n) is 5.05. The lowest BCUT2D eigenvalue weighted by Crippen LogP contribution is -2.65. The van der Waals surface area contributed by atoms with E-state index in [0.717, 1.165) is 0 Å². The molecule has 2 aliphatic rings. The highest BCUT2D eigenvalue weighted by Gasteiger charge is 2.61. The van der Waals surface area contributed by atoms with E-state index in [1.165, 1.54) is 6.20 Å². The first-order valence-electron chi connectivity index (χ1n) is 11.5. The largest absolute Gasteiger partial charge is 0.414 e. The molecule has 1 aromatic heterocycles. The van der Waals surface area contributed by atoms with Gasteiger partial charge in [-0.15, -0.1) is 0 Å². The van der Waals surface area contributed by atoms with E-state index in [9.17, 15) is 14.7 Å². The van der Waals surface area contributed by atoms with Gasteiger partial charge in [-0.1, -0.05) is 55.4 Å². The third-order valence-corrected chi connectivity index (χ3v) is 17.1. The van der Waals surface area contributed by atoms with Crippen molar-refractivity contribution in [2.45, 2.75) is 102 Å². The van der Waals surface area contributed by atoms with Gasteiger partial charge < -0.3 is 27.8 Å². The van der Waals surface area contributed by atoms with Gasteiger partial charge in [-0.25, -0.2) is 4.79 Å². The van der Waals surface area contributed by atoms with Gasteiger partial charge in [0.05, 0.1) is 12.2 Å². The van der Waals surface area contributed by atoms with Crippen LogP contribution in [0.15, 0.2) is 15.8 Å². The van der Waals surface area contributed by atoms with Crippen molar-refractivity contribution in [3.63, 3.8) is 0 Å². The molecule has 1 unspecified atom stereocenters. The van der Waals surface area contributed by atoms with Crippen LogP contribution in [0.2, 0.25) is 22.2 Å². The summed E-state index contributed by atoms with van der Waals surface area (Å²) in [6, 6.07) is 0. The van der Waals surface area contributed by atoms with E-state index in [2.05, 4.69) is 65.4 Å². The number of aliphatic hydroxyl groups is 1. The van der Waals surface area contributed by atoms with Crippen molar-refractivity contribution < 1.29 is 22.8 Å². The zero-order valence-corrected chi connectivity index (χ0v) is 22.3. The number of ether oxygens (including phenoxy) is 1. The van der Waals surface area contributed by atoms with Gasteiger partial charge in [0.1, 0.15) is 24.4 Å². The summed E-state index contributed by atoms with van der Waals surface area (Å²) < 4.78 is 26.7. The SMILES string of the molecule is CC(C)[Si]1(C(C)C)OC[C@H]2O[C@@H](c3c[nH]c(=O)[nH]c3=O)[C@@H](O)C2O[Si](C(C)C)(C(C)C)O1. The number of nitrogens with one attached hydrogen (secondary N) is 2. The second-order valence-corrected chi connectivity index (χ2v) is 19.0. The third-order valence-electron chi connectivity index (χ3n) is 6.82. The second kappa shape index (κ2) is 9.28. The molecule has 3 rings (SSSR count). The van der Waals surface area contributed by atoms with Crippen molar-refractivity contribution in [3.05, 3.63) is 32.6 Å². The van der Waals surface area contributed by atoms with Crippen molar-refractivity contribution in [1.29, 1.82) is 0 Å². The molecule has 0 radical (unpaired) electrons. The molecule has 0 spiro atoms. The highest BCUT2D eigenvalue weighted by Crippen LogP contribution is 2.48. The van der Waals surface area contributed by atoms with Crippen LogP contribution >= 0.6 is 0 Å². The van der Waals surface area contributed by atoms with Crippen molar-refractivity contribution in [3.8, 4) is 0 Å². The molecule has 9 nitrogen and oxygen atoms in total.